The van der Waals surface area contributed by atoms with Crippen LogP contribution in [0, 0.1) is 0 Å². The largest absolute Gasteiger partial charge is 0.384 e. The molecule has 1 aromatic rings. The van der Waals surface area contributed by atoms with Crippen LogP contribution in [-0.4, -0.2) is 61.4 Å². The van der Waals surface area contributed by atoms with Gasteiger partial charge in [-0.15, -0.1) is 0 Å². The number of hydrogen-bond donors (Lipinski definition) is 1. The first-order valence-electron chi connectivity index (χ1n) is 7.88. The van der Waals surface area contributed by atoms with Crippen LogP contribution >= 0.6 is 0 Å². The van der Waals surface area contributed by atoms with Crippen molar-refractivity contribution >= 4 is 17.2 Å². The summed E-state index contributed by atoms with van der Waals surface area (Å²) in [5.74, 6) is -3.34. The average molecular weight is 321 g/mol. The zero-order chi connectivity index (χ0) is 16.4. The second-order valence-corrected chi connectivity index (χ2v) is 6.11. The van der Waals surface area contributed by atoms with Crippen molar-refractivity contribution in [2.45, 2.75) is 12.3 Å². The number of para-hydroxylation sites is 1. The van der Waals surface area contributed by atoms with Crippen molar-refractivity contribution in [3.63, 3.8) is 0 Å². The summed E-state index contributed by atoms with van der Waals surface area (Å²) >= 11 is 0. The lowest BCUT2D eigenvalue weighted by Gasteiger charge is -2.32. The lowest BCUT2D eigenvalue weighted by atomic mass is 9.97. The van der Waals surface area contributed by atoms with Gasteiger partial charge < -0.3 is 15.1 Å². The molecular weight excluding hydrogens is 300 g/mol. The summed E-state index contributed by atoms with van der Waals surface area (Å²) < 4.78 is 29.0. The van der Waals surface area contributed by atoms with E-state index >= 15 is 0 Å². The maximum atomic E-state index is 14.5. The van der Waals surface area contributed by atoms with Crippen LogP contribution in [0.5, 0.6) is 0 Å². The summed E-state index contributed by atoms with van der Waals surface area (Å²) in [7, 11) is 1.99. The van der Waals surface area contributed by atoms with Crippen LogP contribution in [0.4, 0.5) is 14.5 Å². The van der Waals surface area contributed by atoms with Gasteiger partial charge in [-0.05, 0) is 13.1 Å². The molecular formula is C17H21F2N3O. The minimum Gasteiger partial charge on any atom is -0.384 e. The third-order valence-electron chi connectivity index (χ3n) is 4.45. The molecule has 4 nitrogen and oxygen atoms in total. The van der Waals surface area contributed by atoms with Crippen molar-refractivity contribution in [3.8, 4) is 0 Å². The number of likely N-dealkylation sites (N-methyl/N-ethyl adjacent to an activating group) is 1. The van der Waals surface area contributed by atoms with Gasteiger partial charge in [-0.3, -0.25) is 4.79 Å². The molecule has 0 spiro atoms. The Hall–Kier alpha value is -1.95. The number of nitrogens with one attached hydrogen (secondary N) is 1. The molecule has 1 aromatic carbocycles. The first kappa shape index (κ1) is 15.9. The summed E-state index contributed by atoms with van der Waals surface area (Å²) in [6.45, 7) is 2.87. The van der Waals surface area contributed by atoms with Crippen molar-refractivity contribution in [2.75, 3.05) is 45.1 Å². The van der Waals surface area contributed by atoms with Crippen LogP contribution in [0.1, 0.15) is 12.0 Å². The molecule has 0 aromatic heterocycles. The standard InChI is InChI=1S/C17H21F2N3O/c1-21-8-10-22(11-9-21)16(23)12-14-13-4-2-3-5-15(13)20-7-6-17(14,18)19/h2-5,12,20H,6-11H2,1H3. The molecule has 2 heterocycles. The van der Waals surface area contributed by atoms with E-state index in [1.54, 1.807) is 29.2 Å². The molecule has 0 atom stereocenters. The van der Waals surface area contributed by atoms with Crippen molar-refractivity contribution in [3.05, 3.63) is 35.9 Å². The van der Waals surface area contributed by atoms with E-state index in [4.69, 9.17) is 0 Å². The molecule has 124 valence electrons. The summed E-state index contributed by atoms with van der Waals surface area (Å²) in [6.07, 6.45) is 0.820. The number of anilines is 1. The molecule has 2 aliphatic rings. The molecule has 0 bridgehead atoms. The zero-order valence-corrected chi connectivity index (χ0v) is 13.2. The molecule has 6 heteroatoms. The van der Waals surface area contributed by atoms with Crippen LogP contribution in [0.25, 0.3) is 5.57 Å². The Kier molecular flexibility index (Phi) is 4.35. The highest BCUT2D eigenvalue weighted by molar-refractivity contribution is 5.98. The summed E-state index contributed by atoms with van der Waals surface area (Å²) in [4.78, 5) is 16.2. The third kappa shape index (κ3) is 3.37. The van der Waals surface area contributed by atoms with E-state index in [-0.39, 0.29) is 24.4 Å². The Balaban J connectivity index is 1.93. The quantitative estimate of drug-likeness (QED) is 0.806. The second-order valence-electron chi connectivity index (χ2n) is 6.11. The van der Waals surface area contributed by atoms with Crippen molar-refractivity contribution in [2.24, 2.45) is 0 Å². The average Bonchev–Trinajstić information content (AvgIpc) is 2.65. The number of benzene rings is 1. The van der Waals surface area contributed by atoms with Gasteiger partial charge in [-0.1, -0.05) is 18.2 Å². The predicted octanol–water partition coefficient (Wildman–Crippen LogP) is 2.29. The van der Waals surface area contributed by atoms with E-state index < -0.39 is 5.92 Å². The lowest BCUT2D eigenvalue weighted by molar-refractivity contribution is -0.127. The van der Waals surface area contributed by atoms with Gasteiger partial charge in [0.25, 0.3) is 5.92 Å². The number of alkyl halides is 2. The first-order chi connectivity index (χ1) is 11.0. The molecule has 23 heavy (non-hydrogen) atoms. The van der Waals surface area contributed by atoms with Gasteiger partial charge in [0, 0.05) is 62.0 Å². The summed E-state index contributed by atoms with van der Waals surface area (Å²) in [6, 6.07) is 6.93. The SMILES string of the molecule is CN1CCN(C(=O)C=C2c3ccccc3NCCC2(F)F)CC1. The van der Waals surface area contributed by atoms with Gasteiger partial charge >= 0.3 is 0 Å². The van der Waals surface area contributed by atoms with E-state index in [1.807, 2.05) is 7.05 Å². The highest BCUT2D eigenvalue weighted by Crippen LogP contribution is 2.40. The first-order valence-corrected chi connectivity index (χ1v) is 7.88. The van der Waals surface area contributed by atoms with Crippen molar-refractivity contribution in [1.82, 2.24) is 9.80 Å². The summed E-state index contributed by atoms with van der Waals surface area (Å²) in [5, 5.41) is 3.02. The van der Waals surface area contributed by atoms with E-state index in [0.717, 1.165) is 19.2 Å². The fourth-order valence-electron chi connectivity index (χ4n) is 2.98. The maximum Gasteiger partial charge on any atom is 0.275 e. The van der Waals surface area contributed by atoms with E-state index in [9.17, 15) is 13.6 Å². The molecule has 1 amide bonds. The number of allylic oxidation sites excluding steroid dienone is 1. The highest BCUT2D eigenvalue weighted by atomic mass is 19.3. The van der Waals surface area contributed by atoms with Crippen LogP contribution in [0.3, 0.4) is 0 Å². The molecule has 0 unspecified atom stereocenters. The molecule has 0 saturated carbocycles. The topological polar surface area (TPSA) is 35.6 Å². The number of hydrogen-bond acceptors (Lipinski definition) is 3. The molecule has 1 N–H and O–H groups in total. The monoisotopic (exact) mass is 321 g/mol. The Labute approximate surface area is 134 Å². The minimum atomic E-state index is -3.01. The fourth-order valence-corrected chi connectivity index (χ4v) is 2.98. The molecule has 0 aliphatic carbocycles. The number of halogens is 2. The molecule has 1 saturated heterocycles. The predicted molar refractivity (Wildman–Crippen MR) is 86.5 cm³/mol. The van der Waals surface area contributed by atoms with Crippen molar-refractivity contribution in [1.29, 1.82) is 0 Å². The van der Waals surface area contributed by atoms with Gasteiger partial charge in [-0.2, -0.15) is 0 Å². The Bertz CT molecular complexity index is 622. The Morgan fingerprint density at radius 2 is 1.91 bits per heavy atom. The molecule has 0 radical (unpaired) electrons. The van der Waals surface area contributed by atoms with E-state index in [2.05, 4.69) is 10.2 Å². The molecule has 2 aliphatic heterocycles. The number of rotatable bonds is 1. The number of amides is 1. The van der Waals surface area contributed by atoms with Crippen LogP contribution in [-0.2, 0) is 4.79 Å². The van der Waals surface area contributed by atoms with Gasteiger partial charge in [0.05, 0.1) is 0 Å². The summed E-state index contributed by atoms with van der Waals surface area (Å²) in [5.41, 5.74) is 0.890. The van der Waals surface area contributed by atoms with Crippen LogP contribution < -0.4 is 5.32 Å². The molecule has 1 fully saturated rings. The Morgan fingerprint density at radius 3 is 2.65 bits per heavy atom. The smallest absolute Gasteiger partial charge is 0.275 e. The maximum absolute atomic E-state index is 14.5. The van der Waals surface area contributed by atoms with Crippen LogP contribution in [0.2, 0.25) is 0 Å². The number of carbonyl (C=O) groups is 1. The van der Waals surface area contributed by atoms with E-state index in [0.29, 0.717) is 24.3 Å². The van der Waals surface area contributed by atoms with Gasteiger partial charge in [0.2, 0.25) is 5.91 Å². The van der Waals surface area contributed by atoms with Crippen LogP contribution in [0.15, 0.2) is 30.3 Å². The van der Waals surface area contributed by atoms with Gasteiger partial charge in [0.1, 0.15) is 0 Å². The third-order valence-corrected chi connectivity index (χ3v) is 4.45. The number of carbonyl (C=O) groups excluding carboxylic acids is 1. The normalized spacial score (nSPS) is 23.1. The Morgan fingerprint density at radius 1 is 1.22 bits per heavy atom. The lowest BCUT2D eigenvalue weighted by Crippen LogP contribution is -2.46. The van der Waals surface area contributed by atoms with Gasteiger partial charge in [0.15, 0.2) is 0 Å². The number of fused-ring (bicyclic) bond motifs is 1. The van der Waals surface area contributed by atoms with E-state index in [1.165, 1.54) is 0 Å². The second kappa shape index (κ2) is 6.28. The number of nitrogens with zero attached hydrogens (tertiary/aromatic N) is 2. The highest BCUT2D eigenvalue weighted by Gasteiger charge is 2.38. The minimum absolute atomic E-state index is 0.179. The fraction of sp³-hybridized carbons (Fsp3) is 0.471. The molecule has 3 rings (SSSR count). The van der Waals surface area contributed by atoms with Gasteiger partial charge in [-0.25, -0.2) is 8.78 Å². The zero-order valence-electron chi connectivity index (χ0n) is 13.2. The van der Waals surface area contributed by atoms with Crippen molar-refractivity contribution < 1.29 is 13.6 Å². The number of piperazine rings is 1.